The summed E-state index contributed by atoms with van der Waals surface area (Å²) in [6, 6.07) is 0. The molecule has 0 atom stereocenters. The molecule has 0 aliphatic carbocycles. The van der Waals surface area contributed by atoms with Crippen molar-refractivity contribution < 1.29 is 5.11 Å². The Hall–Kier alpha value is 0.210. The number of rotatable bonds is 8. The quantitative estimate of drug-likeness (QED) is 0.469. The van der Waals surface area contributed by atoms with E-state index in [1.807, 2.05) is 0 Å². The van der Waals surface area contributed by atoms with Gasteiger partial charge in [-0.2, -0.15) is 0 Å². The summed E-state index contributed by atoms with van der Waals surface area (Å²) < 4.78 is 0. The van der Waals surface area contributed by atoms with Gasteiger partial charge >= 0.3 is 0 Å². The number of aliphatic hydroxyl groups excluding tert-OH is 1. The lowest BCUT2D eigenvalue weighted by Gasteiger charge is -2.19. The molecule has 0 radical (unpaired) electrons. The number of unbranched alkanes of at least 4 members (excludes halogenated alkanes) is 1. The maximum atomic E-state index is 8.75. The van der Waals surface area contributed by atoms with Crippen LogP contribution in [0.5, 0.6) is 0 Å². The van der Waals surface area contributed by atoms with E-state index in [0.717, 1.165) is 44.8 Å². The second kappa shape index (κ2) is 9.30. The summed E-state index contributed by atoms with van der Waals surface area (Å²) >= 11 is 5.57. The fourth-order valence-electron chi connectivity index (χ4n) is 1.22. The Morgan fingerprint density at radius 2 is 1.92 bits per heavy atom. The normalized spacial score (nSPS) is 11.0. The zero-order chi connectivity index (χ0) is 9.23. The van der Waals surface area contributed by atoms with Gasteiger partial charge in [-0.05, 0) is 32.4 Å². The van der Waals surface area contributed by atoms with Crippen LogP contribution in [-0.2, 0) is 0 Å². The monoisotopic (exact) mass is 193 g/mol. The molecular weight excluding hydrogens is 174 g/mol. The molecule has 0 rings (SSSR count). The molecule has 0 amide bonds. The molecule has 0 aromatic carbocycles. The van der Waals surface area contributed by atoms with E-state index in [0.29, 0.717) is 0 Å². The van der Waals surface area contributed by atoms with Crippen LogP contribution in [0.2, 0.25) is 0 Å². The number of halogens is 1. The van der Waals surface area contributed by atoms with Crippen molar-refractivity contribution >= 4 is 11.6 Å². The molecule has 3 heteroatoms. The highest BCUT2D eigenvalue weighted by molar-refractivity contribution is 6.17. The standard InChI is InChI=1S/C9H20ClNO/c1-2-6-11(8-9-12)7-4-3-5-10/h12H,2-9H2,1H3. The molecule has 1 N–H and O–H groups in total. The molecule has 0 aromatic rings. The Kier molecular flexibility index (Phi) is 9.46. The number of nitrogens with zero attached hydrogens (tertiary/aromatic N) is 1. The van der Waals surface area contributed by atoms with E-state index < -0.39 is 0 Å². The summed E-state index contributed by atoms with van der Waals surface area (Å²) in [7, 11) is 0. The molecule has 0 bridgehead atoms. The van der Waals surface area contributed by atoms with Gasteiger partial charge in [0.15, 0.2) is 0 Å². The summed E-state index contributed by atoms with van der Waals surface area (Å²) in [4.78, 5) is 2.28. The minimum atomic E-state index is 0.265. The van der Waals surface area contributed by atoms with Crippen LogP contribution in [0.3, 0.4) is 0 Å². The largest absolute Gasteiger partial charge is 0.395 e. The number of hydrogen-bond acceptors (Lipinski definition) is 2. The van der Waals surface area contributed by atoms with Crippen molar-refractivity contribution in [2.24, 2.45) is 0 Å². The molecule has 0 aliphatic heterocycles. The van der Waals surface area contributed by atoms with Crippen molar-refractivity contribution in [3.8, 4) is 0 Å². The first-order valence-electron chi connectivity index (χ1n) is 4.74. The van der Waals surface area contributed by atoms with Gasteiger partial charge in [0.1, 0.15) is 0 Å². The summed E-state index contributed by atoms with van der Waals surface area (Å²) in [5.74, 6) is 0.749. The molecular formula is C9H20ClNO. The number of alkyl halides is 1. The Bertz CT molecular complexity index is 84.6. The molecule has 0 unspecified atom stereocenters. The van der Waals surface area contributed by atoms with Crippen molar-refractivity contribution in [2.45, 2.75) is 26.2 Å². The summed E-state index contributed by atoms with van der Waals surface area (Å²) in [5.41, 5.74) is 0. The Labute approximate surface area is 80.5 Å². The van der Waals surface area contributed by atoms with E-state index in [9.17, 15) is 0 Å². The van der Waals surface area contributed by atoms with Gasteiger partial charge in [-0.1, -0.05) is 6.92 Å². The highest BCUT2D eigenvalue weighted by Crippen LogP contribution is 1.97. The van der Waals surface area contributed by atoms with Crippen LogP contribution in [0.4, 0.5) is 0 Å². The first kappa shape index (κ1) is 12.2. The van der Waals surface area contributed by atoms with Crippen LogP contribution >= 0.6 is 11.6 Å². The molecule has 0 saturated carbocycles. The summed E-state index contributed by atoms with van der Waals surface area (Å²) in [5, 5.41) is 8.75. The molecule has 0 aromatic heterocycles. The average Bonchev–Trinajstić information content (AvgIpc) is 2.06. The van der Waals surface area contributed by atoms with Crippen molar-refractivity contribution in [1.82, 2.24) is 4.90 Å². The van der Waals surface area contributed by atoms with Crippen molar-refractivity contribution in [3.05, 3.63) is 0 Å². The van der Waals surface area contributed by atoms with Gasteiger partial charge in [0.05, 0.1) is 6.61 Å². The van der Waals surface area contributed by atoms with Gasteiger partial charge in [0, 0.05) is 12.4 Å². The van der Waals surface area contributed by atoms with Crippen LogP contribution < -0.4 is 0 Å². The van der Waals surface area contributed by atoms with Crippen molar-refractivity contribution in [1.29, 1.82) is 0 Å². The van der Waals surface area contributed by atoms with Crippen LogP contribution in [-0.4, -0.2) is 42.1 Å². The van der Waals surface area contributed by atoms with E-state index in [-0.39, 0.29) is 6.61 Å². The van der Waals surface area contributed by atoms with E-state index in [4.69, 9.17) is 16.7 Å². The van der Waals surface area contributed by atoms with Crippen molar-refractivity contribution in [3.63, 3.8) is 0 Å². The molecule has 0 saturated heterocycles. The lowest BCUT2D eigenvalue weighted by molar-refractivity contribution is 0.194. The number of aliphatic hydroxyl groups is 1. The Morgan fingerprint density at radius 3 is 2.42 bits per heavy atom. The lowest BCUT2D eigenvalue weighted by atomic mass is 10.3. The van der Waals surface area contributed by atoms with Gasteiger partial charge in [-0.15, -0.1) is 11.6 Å². The van der Waals surface area contributed by atoms with E-state index >= 15 is 0 Å². The number of hydrogen-bond donors (Lipinski definition) is 1. The molecule has 74 valence electrons. The van der Waals surface area contributed by atoms with Gasteiger partial charge in [0.2, 0.25) is 0 Å². The second-order valence-corrected chi connectivity index (χ2v) is 3.34. The SMILES string of the molecule is CCCN(CCO)CCCCCl. The summed E-state index contributed by atoms with van der Waals surface area (Å²) in [6.07, 6.45) is 3.37. The second-order valence-electron chi connectivity index (χ2n) is 2.96. The highest BCUT2D eigenvalue weighted by atomic mass is 35.5. The van der Waals surface area contributed by atoms with Crippen LogP contribution in [0.1, 0.15) is 26.2 Å². The average molecular weight is 194 g/mol. The van der Waals surface area contributed by atoms with Crippen LogP contribution in [0, 0.1) is 0 Å². The predicted molar refractivity (Wildman–Crippen MR) is 53.8 cm³/mol. The topological polar surface area (TPSA) is 23.5 Å². The lowest BCUT2D eigenvalue weighted by Crippen LogP contribution is -2.28. The first-order valence-corrected chi connectivity index (χ1v) is 5.27. The minimum Gasteiger partial charge on any atom is -0.395 e. The third kappa shape index (κ3) is 6.89. The predicted octanol–water partition coefficient (Wildman–Crippen LogP) is 1.71. The smallest absolute Gasteiger partial charge is 0.0558 e. The fourth-order valence-corrected chi connectivity index (χ4v) is 1.41. The van der Waals surface area contributed by atoms with Crippen molar-refractivity contribution in [2.75, 3.05) is 32.1 Å². The molecule has 0 spiro atoms. The third-order valence-corrected chi connectivity index (χ3v) is 2.08. The van der Waals surface area contributed by atoms with Crippen LogP contribution in [0.15, 0.2) is 0 Å². The maximum absolute atomic E-state index is 8.75. The maximum Gasteiger partial charge on any atom is 0.0558 e. The summed E-state index contributed by atoms with van der Waals surface area (Å²) in [6.45, 7) is 5.38. The molecule has 0 aliphatic rings. The van der Waals surface area contributed by atoms with E-state index in [1.54, 1.807) is 0 Å². The third-order valence-electron chi connectivity index (χ3n) is 1.81. The van der Waals surface area contributed by atoms with Gasteiger partial charge in [-0.25, -0.2) is 0 Å². The van der Waals surface area contributed by atoms with Crippen LogP contribution in [0.25, 0.3) is 0 Å². The molecule has 12 heavy (non-hydrogen) atoms. The molecule has 2 nitrogen and oxygen atoms in total. The zero-order valence-corrected chi connectivity index (χ0v) is 8.69. The fraction of sp³-hybridized carbons (Fsp3) is 1.00. The Balaban J connectivity index is 3.34. The van der Waals surface area contributed by atoms with Gasteiger partial charge in [-0.3, -0.25) is 0 Å². The highest BCUT2D eigenvalue weighted by Gasteiger charge is 2.01. The van der Waals surface area contributed by atoms with E-state index in [2.05, 4.69) is 11.8 Å². The first-order chi connectivity index (χ1) is 5.85. The molecule has 0 heterocycles. The van der Waals surface area contributed by atoms with Gasteiger partial charge < -0.3 is 10.0 Å². The molecule has 0 fully saturated rings. The van der Waals surface area contributed by atoms with E-state index in [1.165, 1.54) is 0 Å². The minimum absolute atomic E-state index is 0.265. The zero-order valence-electron chi connectivity index (χ0n) is 7.93. The van der Waals surface area contributed by atoms with Gasteiger partial charge in [0.25, 0.3) is 0 Å². The Morgan fingerprint density at radius 1 is 1.17 bits per heavy atom.